The van der Waals surface area contributed by atoms with E-state index in [-0.39, 0.29) is 35.5 Å². The molecule has 9 heteroatoms. The number of anilines is 3. The summed E-state index contributed by atoms with van der Waals surface area (Å²) in [5.41, 5.74) is 8.70. The van der Waals surface area contributed by atoms with E-state index in [1.54, 1.807) is 24.5 Å². The molecule has 4 atom stereocenters. The number of rotatable bonds is 7. The van der Waals surface area contributed by atoms with Crippen LogP contribution in [-0.2, 0) is 4.79 Å². The Morgan fingerprint density at radius 3 is 2.64 bits per heavy atom. The minimum absolute atomic E-state index is 0.116. The topological polar surface area (TPSA) is 119 Å². The molecule has 1 amide bonds. The molecule has 8 nitrogen and oxygen atoms in total. The molecule has 2 heterocycles. The van der Waals surface area contributed by atoms with Crippen LogP contribution in [-0.4, -0.2) is 26.9 Å². The zero-order chi connectivity index (χ0) is 24.6. The minimum atomic E-state index is -0.356. The van der Waals surface area contributed by atoms with Gasteiger partial charge in [-0.1, -0.05) is 24.3 Å². The summed E-state index contributed by atoms with van der Waals surface area (Å²) in [5.74, 6) is 0.796. The van der Waals surface area contributed by atoms with Gasteiger partial charge >= 0.3 is 0 Å². The van der Waals surface area contributed by atoms with Crippen molar-refractivity contribution < 1.29 is 13.6 Å². The van der Waals surface area contributed by atoms with E-state index in [0.717, 1.165) is 17.7 Å². The number of benzene rings is 2. The second kappa shape index (κ2) is 8.92. The molecule has 0 spiro atoms. The largest absolute Gasteiger partial charge is 0.444 e. The maximum Gasteiger partial charge on any atom is 0.229 e. The molecule has 2 aliphatic rings. The van der Waals surface area contributed by atoms with E-state index in [4.69, 9.17) is 15.1 Å². The van der Waals surface area contributed by atoms with Gasteiger partial charge < -0.3 is 20.8 Å². The van der Waals surface area contributed by atoms with Crippen LogP contribution in [0.2, 0.25) is 0 Å². The lowest BCUT2D eigenvalue weighted by molar-refractivity contribution is -0.122. The van der Waals surface area contributed by atoms with Crippen LogP contribution < -0.4 is 16.4 Å². The predicted octanol–water partition coefficient (Wildman–Crippen LogP) is 4.77. The van der Waals surface area contributed by atoms with Crippen molar-refractivity contribution in [2.75, 3.05) is 10.6 Å². The van der Waals surface area contributed by atoms with Crippen molar-refractivity contribution in [1.29, 1.82) is 0 Å². The molecule has 0 saturated heterocycles. The molecule has 2 bridgehead atoms. The van der Waals surface area contributed by atoms with Crippen LogP contribution >= 0.6 is 0 Å². The van der Waals surface area contributed by atoms with E-state index in [0.29, 0.717) is 28.7 Å². The molecule has 1 fully saturated rings. The Labute approximate surface area is 206 Å². The Bertz CT molecular complexity index is 1440. The van der Waals surface area contributed by atoms with Gasteiger partial charge in [-0.3, -0.25) is 4.79 Å². The van der Waals surface area contributed by atoms with Gasteiger partial charge in [0.15, 0.2) is 12.2 Å². The summed E-state index contributed by atoms with van der Waals surface area (Å²) in [7, 11) is 0. The molecule has 6 rings (SSSR count). The van der Waals surface area contributed by atoms with Gasteiger partial charge in [0.2, 0.25) is 11.9 Å². The maximum absolute atomic E-state index is 14.0. The Kier molecular flexibility index (Phi) is 5.44. The third-order valence-corrected chi connectivity index (χ3v) is 6.87. The molecule has 0 radical (unpaired) electrons. The number of hydrogen-bond acceptors (Lipinski definition) is 7. The number of carbonyl (C=O) groups excluding carboxylic acids is 1. The first kappa shape index (κ1) is 22.0. The summed E-state index contributed by atoms with van der Waals surface area (Å²) in [6.07, 6.45) is 9.75. The number of nitrogens with zero attached hydrogens (tertiary/aromatic N) is 3. The van der Waals surface area contributed by atoms with Crippen LogP contribution in [0.3, 0.4) is 0 Å². The van der Waals surface area contributed by atoms with Crippen LogP contribution in [0, 0.1) is 23.6 Å². The van der Waals surface area contributed by atoms with Crippen molar-refractivity contribution in [3.05, 3.63) is 85.3 Å². The van der Waals surface area contributed by atoms with Gasteiger partial charge in [-0.2, -0.15) is 4.98 Å². The van der Waals surface area contributed by atoms with Crippen LogP contribution in [0.5, 0.6) is 0 Å². The number of carbonyl (C=O) groups is 1. The normalized spacial score (nSPS) is 22.0. The lowest BCUT2D eigenvalue weighted by Gasteiger charge is -2.28. The average molecular weight is 483 g/mol. The van der Waals surface area contributed by atoms with Gasteiger partial charge in [-0.05, 0) is 60.2 Å². The molecule has 36 heavy (non-hydrogen) atoms. The molecular formula is C27H23FN6O2. The quantitative estimate of drug-likeness (QED) is 0.325. The number of halogens is 1. The van der Waals surface area contributed by atoms with Crippen LogP contribution in [0.4, 0.5) is 21.8 Å². The highest BCUT2D eigenvalue weighted by Gasteiger charge is 2.47. The second-order valence-electron chi connectivity index (χ2n) is 9.08. The Morgan fingerprint density at radius 1 is 1.06 bits per heavy atom. The molecular weight excluding hydrogens is 459 g/mol. The molecule has 2 aromatic heterocycles. The van der Waals surface area contributed by atoms with Gasteiger partial charge in [-0.25, -0.2) is 14.4 Å². The summed E-state index contributed by atoms with van der Waals surface area (Å²) in [6.45, 7) is 0. The molecule has 2 aliphatic carbocycles. The highest BCUT2D eigenvalue weighted by Crippen LogP contribution is 2.45. The number of primary amides is 1. The molecule has 4 N–H and O–H groups in total. The fourth-order valence-corrected chi connectivity index (χ4v) is 5.19. The number of hydrogen-bond donors (Lipinski definition) is 3. The number of nitrogens with two attached hydrogens (primary N) is 1. The van der Waals surface area contributed by atoms with E-state index in [2.05, 4.69) is 32.8 Å². The molecule has 0 unspecified atom stereocenters. The molecule has 0 aliphatic heterocycles. The van der Waals surface area contributed by atoms with Crippen molar-refractivity contribution >= 4 is 23.4 Å². The number of allylic oxidation sites excluding steroid dienone is 1. The number of amides is 1. The van der Waals surface area contributed by atoms with Crippen molar-refractivity contribution in [1.82, 2.24) is 15.0 Å². The Morgan fingerprint density at radius 2 is 1.89 bits per heavy atom. The first-order valence-electron chi connectivity index (χ1n) is 11.7. The Balaban J connectivity index is 1.32. The van der Waals surface area contributed by atoms with Crippen LogP contribution in [0.25, 0.3) is 22.5 Å². The van der Waals surface area contributed by atoms with Gasteiger partial charge in [0, 0.05) is 29.1 Å². The maximum atomic E-state index is 14.0. The van der Waals surface area contributed by atoms with Crippen molar-refractivity contribution in [3.8, 4) is 22.5 Å². The standard InChI is InChI=1S/C27H23FN6O2/c28-19-3-1-2-16(11-19)21-12-31-27(32-20-8-6-15(7-9-20)22-13-30-14-36-22)34-26(21)33-24-18-5-4-17(10-18)23(24)25(29)35/h1-9,11-14,17-18,23-24H,10H2,(H2,29,35)(H2,31,32,33,34)/t17-,18+,23+,24-/m1/s1. The fourth-order valence-electron chi connectivity index (χ4n) is 5.19. The molecule has 1 saturated carbocycles. The Hall–Kier alpha value is -4.53. The van der Waals surface area contributed by atoms with Gasteiger partial charge in [-0.15, -0.1) is 0 Å². The zero-order valence-electron chi connectivity index (χ0n) is 19.1. The summed E-state index contributed by atoms with van der Waals surface area (Å²) in [6, 6.07) is 13.7. The van der Waals surface area contributed by atoms with E-state index in [1.165, 1.54) is 18.5 Å². The van der Waals surface area contributed by atoms with Gasteiger partial charge in [0.25, 0.3) is 0 Å². The van der Waals surface area contributed by atoms with E-state index in [9.17, 15) is 9.18 Å². The van der Waals surface area contributed by atoms with E-state index in [1.807, 2.05) is 24.3 Å². The lowest BCUT2D eigenvalue weighted by atomic mass is 9.88. The molecule has 180 valence electrons. The van der Waals surface area contributed by atoms with Crippen molar-refractivity contribution in [3.63, 3.8) is 0 Å². The third-order valence-electron chi connectivity index (χ3n) is 6.87. The highest BCUT2D eigenvalue weighted by atomic mass is 19.1. The predicted molar refractivity (Wildman–Crippen MR) is 133 cm³/mol. The SMILES string of the molecule is NC(=O)[C@@H]1[C@H](Nc2nc(Nc3ccc(-c4cnco4)cc3)ncc2-c2cccc(F)c2)[C@H]2C=C[C@@H]1C2. The van der Waals surface area contributed by atoms with Crippen LogP contribution in [0.15, 0.2) is 83.9 Å². The fraction of sp³-hybridized carbons (Fsp3) is 0.185. The number of nitrogens with one attached hydrogen (secondary N) is 2. The first-order chi connectivity index (χ1) is 17.5. The summed E-state index contributed by atoms with van der Waals surface area (Å²) in [5, 5.41) is 6.67. The summed E-state index contributed by atoms with van der Waals surface area (Å²) >= 11 is 0. The lowest BCUT2D eigenvalue weighted by Crippen LogP contribution is -2.41. The second-order valence-corrected chi connectivity index (χ2v) is 9.08. The molecule has 2 aromatic carbocycles. The van der Waals surface area contributed by atoms with Gasteiger partial charge in [0.05, 0.1) is 12.1 Å². The average Bonchev–Trinajstić information content (AvgIpc) is 3.63. The molecule has 4 aromatic rings. The zero-order valence-corrected chi connectivity index (χ0v) is 19.1. The number of fused-ring (bicyclic) bond motifs is 2. The van der Waals surface area contributed by atoms with Crippen molar-refractivity contribution in [2.24, 2.45) is 23.5 Å². The number of oxazole rings is 1. The highest BCUT2D eigenvalue weighted by molar-refractivity contribution is 5.81. The third kappa shape index (κ3) is 4.08. The van der Waals surface area contributed by atoms with E-state index >= 15 is 0 Å². The van der Waals surface area contributed by atoms with Crippen molar-refractivity contribution in [2.45, 2.75) is 12.5 Å². The first-order valence-corrected chi connectivity index (χ1v) is 11.7. The van der Waals surface area contributed by atoms with Gasteiger partial charge in [0.1, 0.15) is 11.6 Å². The summed E-state index contributed by atoms with van der Waals surface area (Å²) in [4.78, 5) is 25.4. The number of aromatic nitrogens is 3. The van der Waals surface area contributed by atoms with E-state index < -0.39 is 0 Å². The van der Waals surface area contributed by atoms with Crippen LogP contribution in [0.1, 0.15) is 6.42 Å². The smallest absolute Gasteiger partial charge is 0.229 e. The monoisotopic (exact) mass is 482 g/mol. The summed E-state index contributed by atoms with van der Waals surface area (Å²) < 4.78 is 19.4. The minimum Gasteiger partial charge on any atom is -0.444 e.